The van der Waals surface area contributed by atoms with Gasteiger partial charge in [-0.1, -0.05) is 6.42 Å². The van der Waals surface area contributed by atoms with Gasteiger partial charge in [-0.15, -0.1) is 0 Å². The molecule has 0 aromatic heterocycles. The lowest BCUT2D eigenvalue weighted by Gasteiger charge is -2.01. The number of carboxylic acid groups (broad SMARTS) is 1. The molecular weight excluding hydrogens is 200 g/mol. The normalized spacial score (nSPS) is 10.5. The van der Waals surface area contributed by atoms with Crippen molar-refractivity contribution in [2.75, 3.05) is 13.2 Å². The number of hydrogen-bond acceptors (Lipinski definition) is 4. The van der Waals surface area contributed by atoms with Crippen LogP contribution in [0.25, 0.3) is 0 Å². The van der Waals surface area contributed by atoms with Gasteiger partial charge in [0.15, 0.2) is 0 Å². The summed E-state index contributed by atoms with van der Waals surface area (Å²) < 4.78 is 4.72. The van der Waals surface area contributed by atoms with Gasteiger partial charge in [0.1, 0.15) is 0 Å². The fraction of sp³-hybridized carbons (Fsp3) is 0.600. The Morgan fingerprint density at radius 3 is 2.33 bits per heavy atom. The summed E-state index contributed by atoms with van der Waals surface area (Å²) in [6, 6.07) is 0. The van der Waals surface area contributed by atoms with E-state index in [0.717, 1.165) is 37.8 Å². The molecule has 0 aliphatic rings. The third-order valence-corrected chi connectivity index (χ3v) is 1.66. The zero-order valence-corrected chi connectivity index (χ0v) is 8.52. The molecule has 5 heteroatoms. The number of rotatable bonds is 8. The first-order chi connectivity index (χ1) is 7.16. The van der Waals surface area contributed by atoms with Crippen LogP contribution in [-0.4, -0.2) is 35.4 Å². The topological polar surface area (TPSA) is 83.8 Å². The van der Waals surface area contributed by atoms with Crippen molar-refractivity contribution in [3.05, 3.63) is 12.2 Å². The number of carboxylic acids is 1. The summed E-state index contributed by atoms with van der Waals surface area (Å²) in [6.07, 6.45) is 4.90. The highest BCUT2D eigenvalue weighted by molar-refractivity contribution is 5.90. The molecule has 15 heavy (non-hydrogen) atoms. The first-order valence-corrected chi connectivity index (χ1v) is 4.85. The maximum atomic E-state index is 10.8. The second-order valence-corrected chi connectivity index (χ2v) is 2.98. The molecule has 0 atom stereocenters. The van der Waals surface area contributed by atoms with Crippen LogP contribution in [0, 0.1) is 0 Å². The lowest BCUT2D eigenvalue weighted by molar-refractivity contribution is -0.138. The van der Waals surface area contributed by atoms with Crippen LogP contribution >= 0.6 is 0 Å². The van der Waals surface area contributed by atoms with Crippen molar-refractivity contribution < 1.29 is 24.5 Å². The third kappa shape index (κ3) is 10.6. The summed E-state index contributed by atoms with van der Waals surface area (Å²) in [5, 5.41) is 16.7. The monoisotopic (exact) mass is 216 g/mol. The zero-order valence-electron chi connectivity index (χ0n) is 8.52. The van der Waals surface area contributed by atoms with Crippen LogP contribution in [0.2, 0.25) is 0 Å². The summed E-state index contributed by atoms with van der Waals surface area (Å²) in [7, 11) is 0. The lowest BCUT2D eigenvalue weighted by Crippen LogP contribution is -2.03. The number of aliphatic hydroxyl groups is 1. The van der Waals surface area contributed by atoms with Crippen molar-refractivity contribution in [1.29, 1.82) is 0 Å². The van der Waals surface area contributed by atoms with Gasteiger partial charge < -0.3 is 14.9 Å². The highest BCUT2D eigenvalue weighted by Gasteiger charge is 1.97. The molecular formula is C10H16O5. The number of hydrogen-bond donors (Lipinski definition) is 2. The number of carbonyl (C=O) groups is 2. The first-order valence-electron chi connectivity index (χ1n) is 4.85. The van der Waals surface area contributed by atoms with E-state index in [1.807, 2.05) is 0 Å². The second kappa shape index (κ2) is 9.21. The Bertz CT molecular complexity index is 222. The van der Waals surface area contributed by atoms with Crippen LogP contribution in [0.5, 0.6) is 0 Å². The van der Waals surface area contributed by atoms with Crippen LogP contribution in [0.15, 0.2) is 12.2 Å². The molecule has 5 nitrogen and oxygen atoms in total. The van der Waals surface area contributed by atoms with Gasteiger partial charge in [-0.2, -0.15) is 0 Å². The minimum Gasteiger partial charge on any atom is -0.478 e. The average Bonchev–Trinajstić information content (AvgIpc) is 2.20. The van der Waals surface area contributed by atoms with Crippen LogP contribution in [0.1, 0.15) is 25.7 Å². The second-order valence-electron chi connectivity index (χ2n) is 2.98. The fourth-order valence-electron chi connectivity index (χ4n) is 0.928. The van der Waals surface area contributed by atoms with Crippen molar-refractivity contribution in [3.63, 3.8) is 0 Å². The molecule has 86 valence electrons. The van der Waals surface area contributed by atoms with Crippen LogP contribution in [0.4, 0.5) is 0 Å². The summed E-state index contributed by atoms with van der Waals surface area (Å²) in [6.45, 7) is 0.468. The molecule has 0 rings (SSSR count). The van der Waals surface area contributed by atoms with E-state index < -0.39 is 11.9 Å². The van der Waals surface area contributed by atoms with Gasteiger partial charge in [0.2, 0.25) is 0 Å². The number of ether oxygens (including phenoxy) is 1. The molecule has 0 radical (unpaired) electrons. The fourth-order valence-corrected chi connectivity index (χ4v) is 0.928. The van der Waals surface area contributed by atoms with E-state index in [-0.39, 0.29) is 13.2 Å². The molecule has 0 saturated heterocycles. The summed E-state index contributed by atoms with van der Waals surface area (Å²) in [5.74, 6) is -1.81. The van der Waals surface area contributed by atoms with Gasteiger partial charge in [0.25, 0.3) is 0 Å². The van der Waals surface area contributed by atoms with Crippen molar-refractivity contribution in [3.8, 4) is 0 Å². The maximum Gasteiger partial charge on any atom is 0.331 e. The van der Waals surface area contributed by atoms with Crippen LogP contribution in [0.3, 0.4) is 0 Å². The van der Waals surface area contributed by atoms with E-state index in [4.69, 9.17) is 14.9 Å². The van der Waals surface area contributed by atoms with Gasteiger partial charge in [-0.3, -0.25) is 0 Å². The Kier molecular flexibility index (Phi) is 8.37. The molecule has 0 amide bonds. The number of aliphatic carboxylic acids is 1. The Morgan fingerprint density at radius 1 is 1.07 bits per heavy atom. The smallest absolute Gasteiger partial charge is 0.331 e. The lowest BCUT2D eigenvalue weighted by atomic mass is 10.2. The minimum absolute atomic E-state index is 0.182. The van der Waals surface area contributed by atoms with E-state index in [1.165, 1.54) is 0 Å². The van der Waals surface area contributed by atoms with Gasteiger partial charge in [0, 0.05) is 18.8 Å². The van der Waals surface area contributed by atoms with Crippen molar-refractivity contribution in [1.82, 2.24) is 0 Å². The Hall–Kier alpha value is -1.36. The largest absolute Gasteiger partial charge is 0.478 e. The van der Waals surface area contributed by atoms with Crippen molar-refractivity contribution in [2.45, 2.75) is 25.7 Å². The Labute approximate surface area is 88.4 Å². The molecule has 0 aliphatic heterocycles. The molecule has 0 aromatic carbocycles. The summed E-state index contributed by atoms with van der Waals surface area (Å²) >= 11 is 0. The van der Waals surface area contributed by atoms with E-state index >= 15 is 0 Å². The zero-order chi connectivity index (χ0) is 11.5. The maximum absolute atomic E-state index is 10.8. The van der Waals surface area contributed by atoms with Crippen molar-refractivity contribution in [2.24, 2.45) is 0 Å². The standard InChI is InChI=1S/C10H16O5/c11-7-3-1-2-4-8-15-10(14)6-5-9(12)13/h5-6,11H,1-4,7-8H2,(H,12,13). The predicted molar refractivity (Wildman–Crippen MR) is 53.3 cm³/mol. The number of esters is 1. The minimum atomic E-state index is -1.17. The molecule has 0 aromatic rings. The van der Waals surface area contributed by atoms with Gasteiger partial charge in [-0.25, -0.2) is 9.59 Å². The average molecular weight is 216 g/mol. The SMILES string of the molecule is O=C(O)C=CC(=O)OCCCCCCO. The molecule has 0 saturated carbocycles. The van der Waals surface area contributed by atoms with E-state index in [9.17, 15) is 9.59 Å². The van der Waals surface area contributed by atoms with E-state index in [2.05, 4.69) is 0 Å². The molecule has 0 unspecified atom stereocenters. The highest BCUT2D eigenvalue weighted by Crippen LogP contribution is 1.99. The number of unbranched alkanes of at least 4 members (excludes halogenated alkanes) is 3. The van der Waals surface area contributed by atoms with Gasteiger partial charge in [0.05, 0.1) is 6.61 Å². The quantitative estimate of drug-likeness (QED) is 0.355. The van der Waals surface area contributed by atoms with E-state index in [1.54, 1.807) is 0 Å². The van der Waals surface area contributed by atoms with Crippen molar-refractivity contribution >= 4 is 11.9 Å². The predicted octanol–water partition coefficient (Wildman–Crippen LogP) is 0.723. The first kappa shape index (κ1) is 13.6. The molecule has 2 N–H and O–H groups in total. The summed E-state index contributed by atoms with van der Waals surface area (Å²) in [5.41, 5.74) is 0. The summed E-state index contributed by atoms with van der Waals surface area (Å²) in [4.78, 5) is 20.9. The third-order valence-electron chi connectivity index (χ3n) is 1.66. The molecule has 0 spiro atoms. The number of aliphatic hydroxyl groups excluding tert-OH is 1. The van der Waals surface area contributed by atoms with Gasteiger partial charge >= 0.3 is 11.9 Å². The molecule has 0 heterocycles. The molecule has 0 bridgehead atoms. The highest BCUT2D eigenvalue weighted by atomic mass is 16.5. The Balaban J connectivity index is 3.35. The number of carbonyl (C=O) groups excluding carboxylic acids is 1. The van der Waals surface area contributed by atoms with Crippen LogP contribution < -0.4 is 0 Å². The molecule has 0 fully saturated rings. The van der Waals surface area contributed by atoms with Crippen LogP contribution in [-0.2, 0) is 14.3 Å². The molecule has 0 aliphatic carbocycles. The van der Waals surface area contributed by atoms with Gasteiger partial charge in [-0.05, 0) is 19.3 Å². The van der Waals surface area contributed by atoms with E-state index in [0.29, 0.717) is 0 Å². The Morgan fingerprint density at radius 2 is 1.73 bits per heavy atom.